The van der Waals surface area contributed by atoms with E-state index >= 15 is 0 Å². The summed E-state index contributed by atoms with van der Waals surface area (Å²) in [6.07, 6.45) is 0. The molecule has 4 rings (SSSR count). The van der Waals surface area contributed by atoms with Gasteiger partial charge in [-0.15, -0.1) is 16.4 Å². The molecule has 0 aliphatic carbocycles. The van der Waals surface area contributed by atoms with Gasteiger partial charge in [0.25, 0.3) is 0 Å². The highest BCUT2D eigenvalue weighted by Crippen LogP contribution is 2.34. The van der Waals surface area contributed by atoms with Crippen LogP contribution in [0.15, 0.2) is 59.1 Å². The molecule has 0 aliphatic rings. The maximum Gasteiger partial charge on any atom is 0.214 e. The number of benzene rings is 2. The summed E-state index contributed by atoms with van der Waals surface area (Å²) in [6, 6.07) is 15.6. The Kier molecular flexibility index (Phi) is 5.54. The zero-order valence-corrected chi connectivity index (χ0v) is 16.9. The van der Waals surface area contributed by atoms with E-state index in [0.717, 1.165) is 27.1 Å². The Morgan fingerprint density at radius 1 is 1.04 bits per heavy atom. The van der Waals surface area contributed by atoms with Crippen LogP contribution in [0.1, 0.15) is 5.69 Å². The SMILES string of the molecule is COc1ccc(-c2nc(CSc3nnnn3-c3ccccc3)cs2)cc1OC. The molecule has 2 aromatic carbocycles. The monoisotopic (exact) mass is 411 g/mol. The van der Waals surface area contributed by atoms with Crippen LogP contribution in [0.4, 0.5) is 0 Å². The molecular formula is C19H17N5O2S2. The summed E-state index contributed by atoms with van der Waals surface area (Å²) in [5, 5.41) is 15.7. The lowest BCUT2D eigenvalue weighted by atomic mass is 10.2. The first kappa shape index (κ1) is 18.5. The zero-order chi connectivity index (χ0) is 19.3. The number of nitrogens with zero attached hydrogens (tertiary/aromatic N) is 5. The van der Waals surface area contributed by atoms with E-state index in [1.54, 1.807) is 42.0 Å². The van der Waals surface area contributed by atoms with Gasteiger partial charge < -0.3 is 9.47 Å². The van der Waals surface area contributed by atoms with Crippen molar-refractivity contribution in [3.05, 3.63) is 59.6 Å². The van der Waals surface area contributed by atoms with Crippen LogP contribution in [0.5, 0.6) is 11.5 Å². The summed E-state index contributed by atoms with van der Waals surface area (Å²) in [4.78, 5) is 4.74. The van der Waals surface area contributed by atoms with E-state index in [-0.39, 0.29) is 0 Å². The van der Waals surface area contributed by atoms with Crippen molar-refractivity contribution in [1.29, 1.82) is 0 Å². The molecular weight excluding hydrogens is 394 g/mol. The van der Waals surface area contributed by atoms with E-state index < -0.39 is 0 Å². The minimum absolute atomic E-state index is 0.678. The Morgan fingerprint density at radius 3 is 2.64 bits per heavy atom. The lowest BCUT2D eigenvalue weighted by molar-refractivity contribution is 0.355. The second-order valence-corrected chi connectivity index (χ2v) is 7.51. The van der Waals surface area contributed by atoms with Gasteiger partial charge in [0.2, 0.25) is 5.16 Å². The maximum absolute atomic E-state index is 5.38. The van der Waals surface area contributed by atoms with Gasteiger partial charge in [-0.25, -0.2) is 4.98 Å². The highest BCUT2D eigenvalue weighted by molar-refractivity contribution is 7.98. The van der Waals surface area contributed by atoms with Crippen LogP contribution in [0, 0.1) is 0 Å². The van der Waals surface area contributed by atoms with Gasteiger partial charge in [-0.2, -0.15) is 4.68 Å². The number of ether oxygens (including phenoxy) is 2. The fourth-order valence-corrected chi connectivity index (χ4v) is 4.32. The number of hydrogen-bond acceptors (Lipinski definition) is 8. The molecule has 0 bridgehead atoms. The highest BCUT2D eigenvalue weighted by atomic mass is 32.2. The van der Waals surface area contributed by atoms with Gasteiger partial charge in [-0.05, 0) is 40.8 Å². The summed E-state index contributed by atoms with van der Waals surface area (Å²) in [5.41, 5.74) is 2.90. The summed E-state index contributed by atoms with van der Waals surface area (Å²) < 4.78 is 12.4. The van der Waals surface area contributed by atoms with Crippen molar-refractivity contribution in [2.24, 2.45) is 0 Å². The van der Waals surface area contributed by atoms with Crippen LogP contribution in [0.3, 0.4) is 0 Å². The molecule has 142 valence electrons. The Morgan fingerprint density at radius 2 is 1.86 bits per heavy atom. The maximum atomic E-state index is 5.38. The third-order valence-electron chi connectivity index (χ3n) is 3.97. The first-order chi connectivity index (χ1) is 13.8. The number of rotatable bonds is 7. The summed E-state index contributed by atoms with van der Waals surface area (Å²) in [7, 11) is 3.25. The molecule has 2 heterocycles. The third kappa shape index (κ3) is 3.85. The number of para-hydroxylation sites is 1. The smallest absolute Gasteiger partial charge is 0.214 e. The van der Waals surface area contributed by atoms with Gasteiger partial charge in [-0.3, -0.25) is 0 Å². The predicted octanol–water partition coefficient (Wildman–Crippen LogP) is 4.10. The zero-order valence-electron chi connectivity index (χ0n) is 15.3. The molecule has 7 nitrogen and oxygen atoms in total. The molecule has 0 unspecified atom stereocenters. The number of tetrazole rings is 1. The lowest BCUT2D eigenvalue weighted by Crippen LogP contribution is -1.98. The van der Waals surface area contributed by atoms with Crippen LogP contribution < -0.4 is 9.47 Å². The Hall–Kier alpha value is -2.91. The van der Waals surface area contributed by atoms with Crippen molar-refractivity contribution in [1.82, 2.24) is 25.2 Å². The molecule has 2 aromatic heterocycles. The van der Waals surface area contributed by atoms with Crippen molar-refractivity contribution in [3.63, 3.8) is 0 Å². The Balaban J connectivity index is 1.49. The van der Waals surface area contributed by atoms with Crippen LogP contribution in [0.2, 0.25) is 0 Å². The van der Waals surface area contributed by atoms with E-state index in [2.05, 4.69) is 20.9 Å². The van der Waals surface area contributed by atoms with Crippen LogP contribution in [-0.4, -0.2) is 39.4 Å². The number of thiazole rings is 1. The number of aromatic nitrogens is 5. The van der Waals surface area contributed by atoms with Crippen molar-refractivity contribution in [3.8, 4) is 27.8 Å². The molecule has 4 aromatic rings. The fraction of sp³-hybridized carbons (Fsp3) is 0.158. The molecule has 0 N–H and O–H groups in total. The molecule has 0 saturated carbocycles. The molecule has 0 amide bonds. The van der Waals surface area contributed by atoms with Gasteiger partial charge >= 0.3 is 0 Å². The molecule has 0 saturated heterocycles. The average Bonchev–Trinajstić information content (AvgIpc) is 3.42. The highest BCUT2D eigenvalue weighted by Gasteiger charge is 2.12. The molecule has 0 fully saturated rings. The largest absolute Gasteiger partial charge is 0.493 e. The van der Waals surface area contributed by atoms with E-state index in [9.17, 15) is 0 Å². The molecule has 0 aliphatic heterocycles. The van der Waals surface area contributed by atoms with E-state index in [0.29, 0.717) is 17.3 Å². The van der Waals surface area contributed by atoms with E-state index in [1.807, 2.05) is 48.5 Å². The quantitative estimate of drug-likeness (QED) is 0.424. The predicted molar refractivity (Wildman–Crippen MR) is 109 cm³/mol. The van der Waals surface area contributed by atoms with Gasteiger partial charge in [-0.1, -0.05) is 30.0 Å². The number of methoxy groups -OCH3 is 2. The standard InChI is InChI=1S/C19H17N5O2S2/c1-25-16-9-8-13(10-17(16)26-2)18-20-14(11-27-18)12-28-19-21-22-23-24(19)15-6-4-3-5-7-15/h3-11H,12H2,1-2H3. The summed E-state index contributed by atoms with van der Waals surface area (Å²) >= 11 is 3.14. The topological polar surface area (TPSA) is 75.0 Å². The molecule has 0 atom stereocenters. The normalized spacial score (nSPS) is 10.8. The van der Waals surface area contributed by atoms with E-state index in [4.69, 9.17) is 14.5 Å². The van der Waals surface area contributed by atoms with Crippen molar-refractivity contribution >= 4 is 23.1 Å². The summed E-state index contributed by atoms with van der Waals surface area (Å²) in [6.45, 7) is 0. The lowest BCUT2D eigenvalue weighted by Gasteiger charge is -2.08. The first-order valence-electron chi connectivity index (χ1n) is 8.42. The van der Waals surface area contributed by atoms with Gasteiger partial charge in [0.1, 0.15) is 5.01 Å². The first-order valence-corrected chi connectivity index (χ1v) is 10.3. The van der Waals surface area contributed by atoms with Crippen LogP contribution >= 0.6 is 23.1 Å². The number of hydrogen-bond donors (Lipinski definition) is 0. The van der Waals surface area contributed by atoms with Crippen molar-refractivity contribution in [2.45, 2.75) is 10.9 Å². The van der Waals surface area contributed by atoms with Gasteiger partial charge in [0.15, 0.2) is 11.5 Å². The van der Waals surface area contributed by atoms with Crippen molar-refractivity contribution in [2.75, 3.05) is 14.2 Å². The third-order valence-corrected chi connectivity index (χ3v) is 5.87. The van der Waals surface area contributed by atoms with Gasteiger partial charge in [0.05, 0.1) is 25.6 Å². The van der Waals surface area contributed by atoms with Crippen molar-refractivity contribution < 1.29 is 9.47 Å². The Labute approximate surface area is 170 Å². The van der Waals surface area contributed by atoms with Crippen LogP contribution in [0.25, 0.3) is 16.3 Å². The molecule has 0 spiro atoms. The van der Waals surface area contributed by atoms with E-state index in [1.165, 1.54) is 0 Å². The van der Waals surface area contributed by atoms with Gasteiger partial charge in [0, 0.05) is 16.7 Å². The molecule has 28 heavy (non-hydrogen) atoms. The molecule has 9 heteroatoms. The minimum atomic E-state index is 0.678. The fourth-order valence-electron chi connectivity index (χ4n) is 2.61. The second-order valence-electron chi connectivity index (χ2n) is 5.71. The second kappa shape index (κ2) is 8.41. The Bertz CT molecular complexity index is 1070. The summed E-state index contributed by atoms with van der Waals surface area (Å²) in [5.74, 6) is 2.07. The minimum Gasteiger partial charge on any atom is -0.493 e. The molecule has 0 radical (unpaired) electrons. The average molecular weight is 412 g/mol. The number of thioether (sulfide) groups is 1. The van der Waals surface area contributed by atoms with Crippen LogP contribution in [-0.2, 0) is 5.75 Å².